The molecule has 9 heteroatoms. The van der Waals surface area contributed by atoms with E-state index in [-0.39, 0.29) is 18.3 Å². The molecule has 0 atom stereocenters. The Hall–Kier alpha value is -3.14. The van der Waals surface area contributed by atoms with E-state index in [1.165, 1.54) is 24.1 Å². The Morgan fingerprint density at radius 3 is 2.62 bits per heavy atom. The number of rotatable bonds is 10. The summed E-state index contributed by atoms with van der Waals surface area (Å²) in [5.74, 6) is 0.0509. The molecule has 0 spiro atoms. The van der Waals surface area contributed by atoms with E-state index in [1.54, 1.807) is 24.3 Å². The van der Waals surface area contributed by atoms with Gasteiger partial charge in [0.2, 0.25) is 5.91 Å². The predicted octanol–water partition coefficient (Wildman–Crippen LogP) is 1.70. The van der Waals surface area contributed by atoms with Crippen LogP contribution in [-0.4, -0.2) is 67.9 Å². The first kappa shape index (κ1) is 23.5. The van der Waals surface area contributed by atoms with Gasteiger partial charge in [0.15, 0.2) is 6.61 Å². The quantitative estimate of drug-likeness (QED) is 0.423. The second-order valence-corrected chi connectivity index (χ2v) is 7.32. The van der Waals surface area contributed by atoms with Gasteiger partial charge in [-0.05, 0) is 42.0 Å². The van der Waals surface area contributed by atoms with Crippen molar-refractivity contribution in [3.8, 4) is 11.5 Å². The Morgan fingerprint density at radius 2 is 1.91 bits per heavy atom. The van der Waals surface area contributed by atoms with E-state index in [0.29, 0.717) is 44.3 Å². The average Bonchev–Trinajstić information content (AvgIpc) is 2.80. The molecule has 1 aliphatic rings. The van der Waals surface area contributed by atoms with Crippen LogP contribution in [0.2, 0.25) is 0 Å². The Labute approximate surface area is 187 Å². The van der Waals surface area contributed by atoms with Gasteiger partial charge in [0.05, 0.1) is 18.9 Å². The SMILES string of the molecule is CC(=O)N(NCc1cccc(OCC(=O)OCCN2CCOCC2)c1)c1ccc(O)cc1. The van der Waals surface area contributed by atoms with Gasteiger partial charge in [-0.3, -0.25) is 9.69 Å². The third-order valence-electron chi connectivity index (χ3n) is 4.89. The highest BCUT2D eigenvalue weighted by atomic mass is 16.6. The van der Waals surface area contributed by atoms with E-state index < -0.39 is 5.97 Å². The van der Waals surface area contributed by atoms with Gasteiger partial charge in [0, 0.05) is 33.1 Å². The minimum absolute atomic E-state index is 0.127. The van der Waals surface area contributed by atoms with Gasteiger partial charge in [-0.2, -0.15) is 0 Å². The number of hydrogen-bond acceptors (Lipinski definition) is 8. The number of phenolic OH excluding ortho intramolecular Hbond substituents is 1. The van der Waals surface area contributed by atoms with Crippen LogP contribution < -0.4 is 15.2 Å². The second kappa shape index (κ2) is 12.0. The fourth-order valence-corrected chi connectivity index (χ4v) is 3.20. The zero-order valence-corrected chi connectivity index (χ0v) is 18.2. The zero-order chi connectivity index (χ0) is 22.8. The molecule has 3 rings (SSSR count). The third kappa shape index (κ3) is 7.52. The van der Waals surface area contributed by atoms with Gasteiger partial charge < -0.3 is 19.3 Å². The maximum atomic E-state index is 12.0. The van der Waals surface area contributed by atoms with E-state index in [9.17, 15) is 14.7 Å². The Balaban J connectivity index is 1.44. The van der Waals surface area contributed by atoms with Crippen LogP contribution in [0.4, 0.5) is 5.69 Å². The first-order chi connectivity index (χ1) is 15.5. The molecule has 2 aromatic carbocycles. The van der Waals surface area contributed by atoms with Crippen molar-refractivity contribution in [2.24, 2.45) is 0 Å². The molecule has 1 heterocycles. The fourth-order valence-electron chi connectivity index (χ4n) is 3.20. The van der Waals surface area contributed by atoms with Gasteiger partial charge in [0.25, 0.3) is 0 Å². The summed E-state index contributed by atoms with van der Waals surface area (Å²) >= 11 is 0. The summed E-state index contributed by atoms with van der Waals surface area (Å²) in [6.45, 7) is 5.76. The number of nitrogens with one attached hydrogen (secondary N) is 1. The Kier molecular flexibility index (Phi) is 8.85. The van der Waals surface area contributed by atoms with Gasteiger partial charge in [-0.1, -0.05) is 12.1 Å². The number of hydrazine groups is 1. The number of benzene rings is 2. The van der Waals surface area contributed by atoms with Gasteiger partial charge >= 0.3 is 5.97 Å². The molecule has 172 valence electrons. The summed E-state index contributed by atoms with van der Waals surface area (Å²) in [6, 6.07) is 13.6. The predicted molar refractivity (Wildman–Crippen MR) is 118 cm³/mol. The number of esters is 1. The van der Waals surface area contributed by atoms with E-state index in [4.69, 9.17) is 14.2 Å². The molecule has 1 aliphatic heterocycles. The summed E-state index contributed by atoms with van der Waals surface area (Å²) in [7, 11) is 0. The molecule has 1 fully saturated rings. The molecule has 2 aromatic rings. The van der Waals surface area contributed by atoms with Crippen LogP contribution in [-0.2, 0) is 25.6 Å². The summed E-state index contributed by atoms with van der Waals surface area (Å²) in [4.78, 5) is 26.1. The maximum Gasteiger partial charge on any atom is 0.344 e. The number of hydrogen-bond donors (Lipinski definition) is 2. The van der Waals surface area contributed by atoms with Crippen LogP contribution in [0.3, 0.4) is 0 Å². The van der Waals surface area contributed by atoms with Crippen LogP contribution in [0.25, 0.3) is 0 Å². The molecule has 0 bridgehead atoms. The number of amides is 1. The molecule has 9 nitrogen and oxygen atoms in total. The molecule has 2 N–H and O–H groups in total. The van der Waals surface area contributed by atoms with Crippen molar-refractivity contribution >= 4 is 17.6 Å². The van der Waals surface area contributed by atoms with Crippen LogP contribution in [0, 0.1) is 0 Å². The number of nitrogens with zero attached hydrogens (tertiary/aromatic N) is 2. The molecule has 1 saturated heterocycles. The zero-order valence-electron chi connectivity index (χ0n) is 18.2. The smallest absolute Gasteiger partial charge is 0.344 e. The number of anilines is 1. The molecule has 0 aliphatic carbocycles. The number of aromatic hydroxyl groups is 1. The number of phenols is 1. The van der Waals surface area contributed by atoms with Crippen molar-refractivity contribution < 1.29 is 28.9 Å². The first-order valence-electron chi connectivity index (χ1n) is 10.5. The highest BCUT2D eigenvalue weighted by Crippen LogP contribution is 2.18. The molecule has 32 heavy (non-hydrogen) atoms. The molecule has 0 radical (unpaired) electrons. The summed E-state index contributed by atoms with van der Waals surface area (Å²) < 4.78 is 16.1. The van der Waals surface area contributed by atoms with Gasteiger partial charge in [-0.15, -0.1) is 0 Å². The van der Waals surface area contributed by atoms with Crippen LogP contribution in [0.1, 0.15) is 12.5 Å². The summed E-state index contributed by atoms with van der Waals surface area (Å²) in [5.41, 5.74) is 4.55. The van der Waals surface area contributed by atoms with Gasteiger partial charge in [-0.25, -0.2) is 15.2 Å². The topological polar surface area (TPSA) is 101 Å². The monoisotopic (exact) mass is 443 g/mol. The van der Waals surface area contributed by atoms with Crippen LogP contribution in [0.5, 0.6) is 11.5 Å². The normalized spacial score (nSPS) is 14.0. The van der Waals surface area contributed by atoms with E-state index >= 15 is 0 Å². The number of carbonyl (C=O) groups is 2. The van der Waals surface area contributed by atoms with Crippen molar-refractivity contribution in [1.29, 1.82) is 0 Å². The number of morpholine rings is 1. The van der Waals surface area contributed by atoms with Crippen molar-refractivity contribution in [3.05, 3.63) is 54.1 Å². The van der Waals surface area contributed by atoms with E-state index in [2.05, 4.69) is 10.3 Å². The Bertz CT molecular complexity index is 884. The summed E-state index contributed by atoms with van der Waals surface area (Å²) in [6.07, 6.45) is 0. The van der Waals surface area contributed by atoms with Crippen LogP contribution >= 0.6 is 0 Å². The maximum absolute atomic E-state index is 12.0. The standard InChI is InChI=1S/C23H29N3O6/c1-18(27)26(20-5-7-21(28)8-6-20)24-16-19-3-2-4-22(15-19)32-17-23(29)31-14-11-25-9-12-30-13-10-25/h2-8,15,24,28H,9-14,16-17H2,1H3. The van der Waals surface area contributed by atoms with Crippen molar-refractivity contribution in [2.75, 3.05) is 51.1 Å². The number of ether oxygens (including phenoxy) is 3. The largest absolute Gasteiger partial charge is 0.508 e. The number of carbonyl (C=O) groups excluding carboxylic acids is 2. The second-order valence-electron chi connectivity index (χ2n) is 7.32. The fraction of sp³-hybridized carbons (Fsp3) is 0.391. The van der Waals surface area contributed by atoms with E-state index in [0.717, 1.165) is 18.7 Å². The van der Waals surface area contributed by atoms with Gasteiger partial charge in [0.1, 0.15) is 18.1 Å². The highest BCUT2D eigenvalue weighted by Gasteiger charge is 2.13. The van der Waals surface area contributed by atoms with E-state index in [1.807, 2.05) is 12.1 Å². The molecule has 0 unspecified atom stereocenters. The molecular formula is C23H29N3O6. The van der Waals surface area contributed by atoms with Crippen molar-refractivity contribution in [2.45, 2.75) is 13.5 Å². The van der Waals surface area contributed by atoms with Crippen molar-refractivity contribution in [3.63, 3.8) is 0 Å². The van der Waals surface area contributed by atoms with Crippen molar-refractivity contribution in [1.82, 2.24) is 10.3 Å². The summed E-state index contributed by atoms with van der Waals surface area (Å²) in [5, 5.41) is 10.8. The Morgan fingerprint density at radius 1 is 1.16 bits per heavy atom. The molecular weight excluding hydrogens is 414 g/mol. The lowest BCUT2D eigenvalue weighted by Crippen LogP contribution is -2.41. The molecule has 1 amide bonds. The van der Waals surface area contributed by atoms with Crippen LogP contribution in [0.15, 0.2) is 48.5 Å². The average molecular weight is 444 g/mol. The molecule has 0 aromatic heterocycles. The third-order valence-corrected chi connectivity index (χ3v) is 4.89. The lowest BCUT2D eigenvalue weighted by atomic mass is 10.2. The highest BCUT2D eigenvalue weighted by molar-refractivity contribution is 5.90. The molecule has 0 saturated carbocycles. The first-order valence-corrected chi connectivity index (χ1v) is 10.5. The minimum atomic E-state index is -0.420. The lowest BCUT2D eigenvalue weighted by molar-refractivity contribution is -0.146. The lowest BCUT2D eigenvalue weighted by Gasteiger charge is -2.26. The minimum Gasteiger partial charge on any atom is -0.508 e.